The fourth-order valence-electron chi connectivity index (χ4n) is 3.72. The van der Waals surface area contributed by atoms with Crippen molar-refractivity contribution >= 4 is 28.0 Å². The molecule has 6 heteroatoms. The van der Waals surface area contributed by atoms with Crippen LogP contribution in [-0.2, 0) is 27.3 Å². The number of halogens is 1. The highest BCUT2D eigenvalue weighted by Crippen LogP contribution is 2.40. The number of carbonyl (C=O) groups excluding carboxylic acids is 2. The van der Waals surface area contributed by atoms with Gasteiger partial charge >= 0.3 is 12.1 Å². The first-order valence-corrected chi connectivity index (χ1v) is 10.8. The van der Waals surface area contributed by atoms with Crippen molar-refractivity contribution in [3.63, 3.8) is 0 Å². The summed E-state index contributed by atoms with van der Waals surface area (Å²) >= 11 is 3.43. The van der Waals surface area contributed by atoms with Gasteiger partial charge in [0.15, 0.2) is 0 Å². The number of cyclic esters (lactones) is 1. The van der Waals surface area contributed by atoms with Gasteiger partial charge in [0.2, 0.25) is 6.23 Å². The lowest BCUT2D eigenvalue weighted by molar-refractivity contribution is -0.145. The van der Waals surface area contributed by atoms with Crippen LogP contribution < -0.4 is 0 Å². The van der Waals surface area contributed by atoms with Crippen LogP contribution in [0.5, 0.6) is 0 Å². The number of ether oxygens (including phenoxy) is 2. The molecule has 0 bridgehead atoms. The lowest BCUT2D eigenvalue weighted by Gasteiger charge is -2.33. The molecule has 4 rings (SSSR count). The van der Waals surface area contributed by atoms with Crippen molar-refractivity contribution in [2.75, 3.05) is 0 Å². The summed E-state index contributed by atoms with van der Waals surface area (Å²) in [6.45, 7) is 1.84. The van der Waals surface area contributed by atoms with Crippen LogP contribution in [0.2, 0.25) is 0 Å². The minimum absolute atomic E-state index is 0.111. The van der Waals surface area contributed by atoms with Crippen molar-refractivity contribution in [2.45, 2.75) is 31.7 Å². The van der Waals surface area contributed by atoms with Crippen LogP contribution >= 0.6 is 15.9 Å². The molecule has 1 amide bonds. The van der Waals surface area contributed by atoms with E-state index in [1.807, 2.05) is 84.9 Å². The Morgan fingerprint density at radius 3 is 2.23 bits per heavy atom. The Morgan fingerprint density at radius 2 is 1.58 bits per heavy atom. The summed E-state index contributed by atoms with van der Waals surface area (Å²) in [5.41, 5.74) is 1.29. The molecule has 1 heterocycles. The maximum Gasteiger partial charge on any atom is 0.414 e. The van der Waals surface area contributed by atoms with Crippen molar-refractivity contribution in [3.8, 4) is 0 Å². The standard InChI is InChI=1S/C25H22BrNO4/c1-25(16-18-12-14-21(26)15-13-18)23(28)31-22(20-10-6-3-7-11-20)27(25)24(29)30-17-19-8-4-2-5-9-19/h2-15,22H,16-17H2,1H3/t22-,25+/m0/s1. The van der Waals surface area contributed by atoms with E-state index in [-0.39, 0.29) is 6.61 Å². The quantitative estimate of drug-likeness (QED) is 0.444. The summed E-state index contributed by atoms with van der Waals surface area (Å²) in [5, 5.41) is 0. The van der Waals surface area contributed by atoms with Crippen LogP contribution in [0.1, 0.15) is 29.8 Å². The normalized spacial score (nSPS) is 20.4. The van der Waals surface area contributed by atoms with E-state index in [4.69, 9.17) is 9.47 Å². The molecule has 1 aliphatic heterocycles. The van der Waals surface area contributed by atoms with Gasteiger partial charge in [-0.25, -0.2) is 9.59 Å². The maximum absolute atomic E-state index is 13.3. The predicted molar refractivity (Wildman–Crippen MR) is 120 cm³/mol. The summed E-state index contributed by atoms with van der Waals surface area (Å²) in [4.78, 5) is 27.8. The van der Waals surface area contributed by atoms with Gasteiger partial charge in [0.1, 0.15) is 12.1 Å². The Kier molecular flexibility index (Phi) is 6.09. The second-order valence-electron chi connectivity index (χ2n) is 7.66. The van der Waals surface area contributed by atoms with Crippen LogP contribution in [-0.4, -0.2) is 22.5 Å². The lowest BCUT2D eigenvalue weighted by atomic mass is 9.91. The van der Waals surface area contributed by atoms with Gasteiger partial charge in [0, 0.05) is 16.5 Å². The first-order valence-electron chi connectivity index (χ1n) is 9.98. The first kappa shape index (κ1) is 21.1. The molecule has 0 aliphatic carbocycles. The zero-order valence-electron chi connectivity index (χ0n) is 17.0. The third-order valence-corrected chi connectivity index (χ3v) is 5.90. The van der Waals surface area contributed by atoms with Gasteiger partial charge < -0.3 is 9.47 Å². The number of hydrogen-bond acceptors (Lipinski definition) is 4. The largest absolute Gasteiger partial charge is 0.444 e. The van der Waals surface area contributed by atoms with E-state index in [1.54, 1.807) is 6.92 Å². The lowest BCUT2D eigenvalue weighted by Crippen LogP contribution is -2.51. The third-order valence-electron chi connectivity index (χ3n) is 5.37. The summed E-state index contributed by atoms with van der Waals surface area (Å²) in [6.07, 6.45) is -1.14. The summed E-state index contributed by atoms with van der Waals surface area (Å²) < 4.78 is 12.3. The topological polar surface area (TPSA) is 55.8 Å². The number of nitrogens with zero attached hydrogens (tertiary/aromatic N) is 1. The van der Waals surface area contributed by atoms with E-state index in [1.165, 1.54) is 4.90 Å². The molecule has 31 heavy (non-hydrogen) atoms. The molecule has 0 saturated carbocycles. The van der Waals surface area contributed by atoms with Crippen LogP contribution in [0.4, 0.5) is 4.79 Å². The fourth-order valence-corrected chi connectivity index (χ4v) is 3.98. The second kappa shape index (κ2) is 8.94. The Labute approximate surface area is 189 Å². The van der Waals surface area contributed by atoms with Crippen molar-refractivity contribution in [1.29, 1.82) is 0 Å². The number of carbonyl (C=O) groups is 2. The molecule has 3 aromatic carbocycles. The van der Waals surface area contributed by atoms with E-state index >= 15 is 0 Å². The average Bonchev–Trinajstić information content (AvgIpc) is 3.05. The smallest absolute Gasteiger partial charge is 0.414 e. The van der Waals surface area contributed by atoms with Gasteiger partial charge in [-0.15, -0.1) is 0 Å². The first-order chi connectivity index (χ1) is 15.0. The Hall–Kier alpha value is -3.12. The van der Waals surface area contributed by atoms with E-state index in [0.29, 0.717) is 12.0 Å². The second-order valence-corrected chi connectivity index (χ2v) is 8.57. The van der Waals surface area contributed by atoms with Crippen molar-refractivity contribution in [1.82, 2.24) is 4.90 Å². The summed E-state index contributed by atoms with van der Waals surface area (Å²) in [5.74, 6) is -0.457. The SMILES string of the molecule is C[C@@]1(Cc2ccc(Br)cc2)C(=O)O[C@@H](c2ccccc2)N1C(=O)OCc1ccccc1. The molecule has 1 aliphatic rings. The molecule has 2 atom stereocenters. The zero-order chi connectivity index (χ0) is 21.8. The van der Waals surface area contributed by atoms with Gasteiger partial charge in [-0.1, -0.05) is 88.7 Å². The van der Waals surface area contributed by atoms with E-state index < -0.39 is 23.8 Å². The van der Waals surface area contributed by atoms with Gasteiger partial charge in [-0.2, -0.15) is 0 Å². The molecule has 1 saturated heterocycles. The highest BCUT2D eigenvalue weighted by atomic mass is 79.9. The minimum atomic E-state index is -1.21. The van der Waals surface area contributed by atoms with E-state index in [2.05, 4.69) is 15.9 Å². The molecule has 158 valence electrons. The van der Waals surface area contributed by atoms with Gasteiger partial charge in [0.25, 0.3) is 0 Å². The Bertz CT molecular complexity index is 1060. The summed E-state index contributed by atoms with van der Waals surface area (Å²) in [7, 11) is 0. The van der Waals surface area contributed by atoms with Crippen molar-refractivity contribution in [3.05, 3.63) is 106 Å². The maximum atomic E-state index is 13.3. The van der Waals surface area contributed by atoms with E-state index in [0.717, 1.165) is 15.6 Å². The molecular weight excluding hydrogens is 458 g/mol. The van der Waals surface area contributed by atoms with Gasteiger partial charge in [-0.3, -0.25) is 4.90 Å². The molecule has 0 N–H and O–H groups in total. The van der Waals surface area contributed by atoms with Gasteiger partial charge in [-0.05, 0) is 30.2 Å². The third kappa shape index (κ3) is 4.49. The van der Waals surface area contributed by atoms with Crippen molar-refractivity contribution in [2.24, 2.45) is 0 Å². The molecule has 0 aromatic heterocycles. The molecular formula is C25H22BrNO4. The Balaban J connectivity index is 1.65. The number of rotatable bonds is 5. The number of esters is 1. The molecule has 0 unspecified atom stereocenters. The van der Waals surface area contributed by atoms with Crippen LogP contribution in [0, 0.1) is 0 Å². The highest BCUT2D eigenvalue weighted by Gasteiger charge is 2.55. The predicted octanol–water partition coefficient (Wildman–Crippen LogP) is 5.64. The number of benzene rings is 3. The van der Waals surface area contributed by atoms with Crippen LogP contribution in [0.15, 0.2) is 89.4 Å². The molecule has 0 spiro atoms. The van der Waals surface area contributed by atoms with Crippen LogP contribution in [0.25, 0.3) is 0 Å². The minimum Gasteiger partial charge on any atom is -0.444 e. The number of hydrogen-bond donors (Lipinski definition) is 0. The fraction of sp³-hybridized carbons (Fsp3) is 0.200. The molecule has 1 fully saturated rings. The monoisotopic (exact) mass is 479 g/mol. The zero-order valence-corrected chi connectivity index (χ0v) is 18.6. The van der Waals surface area contributed by atoms with Crippen molar-refractivity contribution < 1.29 is 19.1 Å². The molecule has 5 nitrogen and oxygen atoms in total. The average molecular weight is 480 g/mol. The number of amides is 1. The van der Waals surface area contributed by atoms with Gasteiger partial charge in [0.05, 0.1) is 0 Å². The Morgan fingerprint density at radius 1 is 0.968 bits per heavy atom. The van der Waals surface area contributed by atoms with Crippen LogP contribution in [0.3, 0.4) is 0 Å². The summed E-state index contributed by atoms with van der Waals surface area (Å²) in [6, 6.07) is 26.3. The van der Waals surface area contributed by atoms with E-state index in [9.17, 15) is 9.59 Å². The highest BCUT2D eigenvalue weighted by molar-refractivity contribution is 9.10. The molecule has 3 aromatic rings. The molecule has 0 radical (unpaired) electrons.